The fourth-order valence-corrected chi connectivity index (χ4v) is 4.93. The van der Waals surface area contributed by atoms with Gasteiger partial charge >= 0.3 is 0 Å². The zero-order valence-electron chi connectivity index (χ0n) is 14.5. The molecule has 1 aliphatic rings. The fraction of sp³-hybridized carbons (Fsp3) is 0.100. The molecule has 3 aromatic rings. The van der Waals surface area contributed by atoms with Crippen LogP contribution in [0, 0.1) is 0 Å². The first kappa shape index (κ1) is 17.2. The zero-order valence-corrected chi connectivity index (χ0v) is 15.3. The van der Waals surface area contributed by atoms with Crippen molar-refractivity contribution < 1.29 is 13.2 Å². The Morgan fingerprint density at radius 1 is 1.07 bits per heavy atom. The Balaban J connectivity index is 1.81. The molecule has 7 heteroatoms. The van der Waals surface area contributed by atoms with Gasteiger partial charge < -0.3 is 9.88 Å². The second kappa shape index (κ2) is 6.51. The van der Waals surface area contributed by atoms with E-state index in [4.69, 9.17) is 0 Å². The molecule has 0 aliphatic carbocycles. The van der Waals surface area contributed by atoms with Crippen LogP contribution in [0.2, 0.25) is 0 Å². The first-order valence-corrected chi connectivity index (χ1v) is 9.91. The number of carbonyl (C=O) groups excluding carboxylic acids is 1. The first-order valence-electron chi connectivity index (χ1n) is 8.43. The number of sulfone groups is 1. The highest BCUT2D eigenvalue weighted by Gasteiger charge is 2.40. The quantitative estimate of drug-likeness (QED) is 0.756. The van der Waals surface area contributed by atoms with Gasteiger partial charge in [0.2, 0.25) is 9.84 Å². The van der Waals surface area contributed by atoms with Crippen LogP contribution in [0.5, 0.6) is 0 Å². The van der Waals surface area contributed by atoms with Gasteiger partial charge in [-0.05, 0) is 18.6 Å². The molecule has 1 N–H and O–H groups in total. The molecule has 1 aromatic heterocycles. The second-order valence-electron chi connectivity index (χ2n) is 6.25. The Morgan fingerprint density at radius 2 is 1.78 bits per heavy atom. The number of benzene rings is 2. The highest BCUT2D eigenvalue weighted by Crippen LogP contribution is 2.40. The van der Waals surface area contributed by atoms with E-state index in [1.54, 1.807) is 35.2 Å². The molecular weight excluding hydrogens is 362 g/mol. The maximum Gasteiger partial charge on any atom is 0.265 e. The Kier molecular flexibility index (Phi) is 4.16. The minimum atomic E-state index is -3.93. The van der Waals surface area contributed by atoms with Crippen molar-refractivity contribution in [2.75, 3.05) is 0 Å². The van der Waals surface area contributed by atoms with Crippen LogP contribution in [0.4, 0.5) is 0 Å². The standard InChI is InChI=1S/C20H17N3O3S/c1-14(15-7-3-2-4-8-15)22-20(24)19-18(23-12-11-21-13-23)16-9-5-6-10-17(16)27(19,25)26/h2-14H,1H3,(H,22,24). The van der Waals surface area contributed by atoms with E-state index in [0.717, 1.165) is 5.56 Å². The highest BCUT2D eigenvalue weighted by molar-refractivity contribution is 7.97. The van der Waals surface area contributed by atoms with Crippen molar-refractivity contribution in [2.45, 2.75) is 17.9 Å². The summed E-state index contributed by atoms with van der Waals surface area (Å²) in [6.45, 7) is 1.82. The van der Waals surface area contributed by atoms with Crippen molar-refractivity contribution >= 4 is 21.4 Å². The van der Waals surface area contributed by atoms with E-state index in [-0.39, 0.29) is 15.8 Å². The summed E-state index contributed by atoms with van der Waals surface area (Å²) in [5.74, 6) is -0.633. The SMILES string of the molecule is CC(NC(=O)C1=C(n2ccnc2)c2ccccc2S1(=O)=O)c1ccccc1. The van der Waals surface area contributed by atoms with Crippen LogP contribution in [-0.4, -0.2) is 23.9 Å². The number of nitrogens with one attached hydrogen (secondary N) is 1. The fourth-order valence-electron chi connectivity index (χ4n) is 3.22. The second-order valence-corrected chi connectivity index (χ2v) is 8.11. The largest absolute Gasteiger partial charge is 0.345 e. The lowest BCUT2D eigenvalue weighted by Gasteiger charge is -2.15. The maximum absolute atomic E-state index is 13.1. The molecule has 1 atom stereocenters. The van der Waals surface area contributed by atoms with Gasteiger partial charge in [-0.2, -0.15) is 0 Å². The van der Waals surface area contributed by atoms with Gasteiger partial charge in [0, 0.05) is 18.0 Å². The van der Waals surface area contributed by atoms with Gasteiger partial charge in [0.1, 0.15) is 0 Å². The van der Waals surface area contributed by atoms with E-state index < -0.39 is 15.7 Å². The van der Waals surface area contributed by atoms with E-state index in [0.29, 0.717) is 11.3 Å². The van der Waals surface area contributed by atoms with E-state index in [1.807, 2.05) is 37.3 Å². The molecule has 136 valence electrons. The number of hydrogen-bond acceptors (Lipinski definition) is 4. The topological polar surface area (TPSA) is 81.1 Å². The van der Waals surface area contributed by atoms with Crippen LogP contribution >= 0.6 is 0 Å². The molecule has 2 aromatic carbocycles. The number of nitrogens with zero attached hydrogens (tertiary/aromatic N) is 2. The Morgan fingerprint density at radius 3 is 2.48 bits per heavy atom. The highest BCUT2D eigenvalue weighted by atomic mass is 32.2. The minimum Gasteiger partial charge on any atom is -0.345 e. The van der Waals surface area contributed by atoms with Gasteiger partial charge in [-0.1, -0.05) is 48.5 Å². The number of aromatic nitrogens is 2. The summed E-state index contributed by atoms with van der Waals surface area (Å²) in [7, 11) is -3.93. The summed E-state index contributed by atoms with van der Waals surface area (Å²) in [4.78, 5) is 16.9. The summed E-state index contributed by atoms with van der Waals surface area (Å²) in [6.07, 6.45) is 4.66. The predicted octanol–water partition coefficient (Wildman–Crippen LogP) is 2.76. The molecule has 1 unspecified atom stereocenters. The summed E-state index contributed by atoms with van der Waals surface area (Å²) < 4.78 is 27.8. The number of imidazole rings is 1. The molecule has 0 fully saturated rings. The summed E-state index contributed by atoms with van der Waals surface area (Å²) in [6, 6.07) is 15.7. The number of carbonyl (C=O) groups is 1. The van der Waals surface area contributed by atoms with E-state index in [1.165, 1.54) is 12.4 Å². The van der Waals surface area contributed by atoms with Crippen molar-refractivity contribution in [3.05, 3.63) is 89.4 Å². The molecule has 0 radical (unpaired) electrons. The zero-order chi connectivity index (χ0) is 19.0. The van der Waals surface area contributed by atoms with Gasteiger partial charge in [-0.15, -0.1) is 0 Å². The van der Waals surface area contributed by atoms with Gasteiger partial charge in [0.05, 0.1) is 23.0 Å². The lowest BCUT2D eigenvalue weighted by molar-refractivity contribution is -0.117. The maximum atomic E-state index is 13.1. The molecule has 27 heavy (non-hydrogen) atoms. The summed E-state index contributed by atoms with van der Waals surface area (Å²) in [5.41, 5.74) is 1.71. The van der Waals surface area contributed by atoms with Gasteiger partial charge in [0.15, 0.2) is 4.91 Å². The average molecular weight is 379 g/mol. The molecular formula is C20H17N3O3S. The van der Waals surface area contributed by atoms with Crippen LogP contribution in [-0.2, 0) is 14.6 Å². The third kappa shape index (κ3) is 2.86. The number of rotatable bonds is 4. The molecule has 0 saturated carbocycles. The van der Waals surface area contributed by atoms with Crippen molar-refractivity contribution in [2.24, 2.45) is 0 Å². The predicted molar refractivity (Wildman–Crippen MR) is 101 cm³/mol. The molecule has 1 amide bonds. The molecule has 6 nitrogen and oxygen atoms in total. The van der Waals surface area contributed by atoms with Gasteiger partial charge in [-0.25, -0.2) is 13.4 Å². The Labute approximate surface area is 157 Å². The lowest BCUT2D eigenvalue weighted by Crippen LogP contribution is -2.30. The van der Waals surface area contributed by atoms with Crippen molar-refractivity contribution in [1.82, 2.24) is 14.9 Å². The third-order valence-electron chi connectivity index (χ3n) is 4.53. The first-order chi connectivity index (χ1) is 13.0. The Hall–Kier alpha value is -3.19. The third-order valence-corrected chi connectivity index (χ3v) is 6.38. The molecule has 0 saturated heterocycles. The van der Waals surface area contributed by atoms with Crippen LogP contribution in [0.15, 0.2) is 83.1 Å². The van der Waals surface area contributed by atoms with Crippen LogP contribution in [0.3, 0.4) is 0 Å². The molecule has 4 rings (SSSR count). The lowest BCUT2D eigenvalue weighted by atomic mass is 10.1. The molecule has 0 spiro atoms. The number of fused-ring (bicyclic) bond motifs is 1. The smallest absolute Gasteiger partial charge is 0.265 e. The van der Waals surface area contributed by atoms with Crippen molar-refractivity contribution in [3.8, 4) is 0 Å². The molecule has 0 bridgehead atoms. The van der Waals surface area contributed by atoms with E-state index >= 15 is 0 Å². The molecule has 2 heterocycles. The van der Waals surface area contributed by atoms with Crippen molar-refractivity contribution in [1.29, 1.82) is 0 Å². The van der Waals surface area contributed by atoms with Crippen LogP contribution in [0.1, 0.15) is 24.1 Å². The normalized spacial score (nSPS) is 16.0. The molecule has 1 aliphatic heterocycles. The van der Waals surface area contributed by atoms with Crippen molar-refractivity contribution in [3.63, 3.8) is 0 Å². The van der Waals surface area contributed by atoms with Crippen LogP contribution in [0.25, 0.3) is 5.70 Å². The Bertz CT molecular complexity index is 1130. The van der Waals surface area contributed by atoms with Crippen LogP contribution < -0.4 is 5.32 Å². The summed E-state index contributed by atoms with van der Waals surface area (Å²) >= 11 is 0. The summed E-state index contributed by atoms with van der Waals surface area (Å²) in [5, 5.41) is 2.81. The van der Waals surface area contributed by atoms with Gasteiger partial charge in [0.25, 0.3) is 5.91 Å². The number of hydrogen-bond donors (Lipinski definition) is 1. The number of amides is 1. The van der Waals surface area contributed by atoms with E-state index in [2.05, 4.69) is 10.3 Å². The minimum absolute atomic E-state index is 0.131. The van der Waals surface area contributed by atoms with E-state index in [9.17, 15) is 13.2 Å². The average Bonchev–Trinajstić information content (AvgIpc) is 3.27. The monoisotopic (exact) mass is 379 g/mol. The van der Waals surface area contributed by atoms with Gasteiger partial charge in [-0.3, -0.25) is 4.79 Å².